The predicted molar refractivity (Wildman–Crippen MR) is 101 cm³/mol. The van der Waals surface area contributed by atoms with Crippen molar-refractivity contribution in [2.24, 2.45) is 5.92 Å². The normalized spacial score (nSPS) is 19.8. The monoisotopic (exact) mass is 354 g/mol. The molecule has 2 aromatic heterocycles. The molecule has 1 saturated heterocycles. The Kier molecular flexibility index (Phi) is 5.49. The van der Waals surface area contributed by atoms with Crippen LogP contribution in [0.3, 0.4) is 0 Å². The molecule has 0 aliphatic carbocycles. The van der Waals surface area contributed by atoms with Gasteiger partial charge in [-0.15, -0.1) is 0 Å². The number of H-pyrrole nitrogens is 1. The maximum atomic E-state index is 12.3. The van der Waals surface area contributed by atoms with Crippen LogP contribution in [-0.2, 0) is 11.2 Å². The Bertz CT molecular complexity index is 826. The topological polar surface area (TPSA) is 79.0 Å². The van der Waals surface area contributed by atoms with Gasteiger partial charge in [-0.05, 0) is 37.7 Å². The van der Waals surface area contributed by atoms with E-state index >= 15 is 0 Å². The molecule has 1 unspecified atom stereocenters. The Labute approximate surface area is 153 Å². The van der Waals surface area contributed by atoms with Crippen LogP contribution >= 0.6 is 0 Å². The summed E-state index contributed by atoms with van der Waals surface area (Å²) < 4.78 is 0. The molecule has 1 aliphatic rings. The third kappa shape index (κ3) is 3.54. The first-order valence-corrected chi connectivity index (χ1v) is 9.36. The summed E-state index contributed by atoms with van der Waals surface area (Å²) >= 11 is 0. The number of hydrogen-bond acceptors (Lipinski definition) is 4. The Morgan fingerprint density at radius 1 is 1.42 bits per heavy atom. The molecule has 1 amide bonds. The lowest BCUT2D eigenvalue weighted by atomic mass is 9.99. The first kappa shape index (κ1) is 18.3. The number of Topliss-reactive ketones (excluding diaryl/α,β-unsaturated/α-hetero) is 1. The van der Waals surface area contributed by atoms with Crippen LogP contribution in [0.15, 0.2) is 25.0 Å². The highest BCUT2D eigenvalue weighted by Crippen LogP contribution is 2.28. The summed E-state index contributed by atoms with van der Waals surface area (Å²) in [5.41, 5.74) is 2.80. The SMILES string of the molecule is C=CC(=O)N1C[C@H](Cc2cnc3[nH]cc(C(=O)CCC)c3n2)CC1CC. The Morgan fingerprint density at radius 3 is 2.92 bits per heavy atom. The van der Waals surface area contributed by atoms with E-state index < -0.39 is 0 Å². The Balaban J connectivity index is 1.79. The zero-order valence-electron chi connectivity index (χ0n) is 15.5. The van der Waals surface area contributed by atoms with Crippen molar-refractivity contribution in [3.8, 4) is 0 Å². The van der Waals surface area contributed by atoms with Gasteiger partial charge in [0.15, 0.2) is 11.4 Å². The molecule has 1 fully saturated rings. The number of ketones is 1. The molecule has 1 aliphatic heterocycles. The van der Waals surface area contributed by atoms with Crippen molar-refractivity contribution < 1.29 is 9.59 Å². The quantitative estimate of drug-likeness (QED) is 0.611. The molecule has 2 atom stereocenters. The van der Waals surface area contributed by atoms with E-state index in [-0.39, 0.29) is 17.7 Å². The molecule has 3 rings (SSSR count). The number of rotatable bonds is 7. The average Bonchev–Trinajstić information content (AvgIpc) is 3.24. The van der Waals surface area contributed by atoms with Gasteiger partial charge in [-0.1, -0.05) is 20.4 Å². The minimum absolute atomic E-state index is 0.000954. The number of carbonyl (C=O) groups is 2. The van der Waals surface area contributed by atoms with E-state index in [1.54, 1.807) is 12.4 Å². The lowest BCUT2D eigenvalue weighted by molar-refractivity contribution is -0.126. The highest BCUT2D eigenvalue weighted by atomic mass is 16.2. The van der Waals surface area contributed by atoms with Crippen molar-refractivity contribution in [2.45, 2.75) is 52.0 Å². The molecule has 1 N–H and O–H groups in total. The fourth-order valence-electron chi connectivity index (χ4n) is 3.83. The maximum absolute atomic E-state index is 12.3. The van der Waals surface area contributed by atoms with Crippen LogP contribution in [-0.4, -0.2) is 44.1 Å². The smallest absolute Gasteiger partial charge is 0.246 e. The molecule has 6 nitrogen and oxygen atoms in total. The number of aromatic amines is 1. The number of nitrogens with one attached hydrogen (secondary N) is 1. The third-order valence-corrected chi connectivity index (χ3v) is 5.14. The summed E-state index contributed by atoms with van der Waals surface area (Å²) in [4.78, 5) is 38.4. The second-order valence-electron chi connectivity index (χ2n) is 7.00. The van der Waals surface area contributed by atoms with Crippen LogP contribution in [0.25, 0.3) is 11.2 Å². The van der Waals surface area contributed by atoms with Crippen LogP contribution in [0.2, 0.25) is 0 Å². The van der Waals surface area contributed by atoms with Gasteiger partial charge in [0.1, 0.15) is 5.52 Å². The zero-order valence-corrected chi connectivity index (χ0v) is 15.5. The first-order valence-electron chi connectivity index (χ1n) is 9.36. The van der Waals surface area contributed by atoms with E-state index in [1.165, 1.54) is 6.08 Å². The minimum Gasteiger partial charge on any atom is -0.344 e. The second-order valence-corrected chi connectivity index (χ2v) is 7.00. The summed E-state index contributed by atoms with van der Waals surface area (Å²) in [6.07, 6.45) is 8.85. The molecule has 0 saturated carbocycles. The second kappa shape index (κ2) is 7.81. The van der Waals surface area contributed by atoms with E-state index in [9.17, 15) is 9.59 Å². The van der Waals surface area contributed by atoms with Crippen molar-refractivity contribution in [3.05, 3.63) is 36.3 Å². The number of amides is 1. The summed E-state index contributed by atoms with van der Waals surface area (Å²) in [5.74, 6) is 0.447. The van der Waals surface area contributed by atoms with Crippen molar-refractivity contribution in [1.29, 1.82) is 0 Å². The van der Waals surface area contributed by atoms with Crippen molar-refractivity contribution in [3.63, 3.8) is 0 Å². The van der Waals surface area contributed by atoms with E-state index in [0.29, 0.717) is 29.1 Å². The Morgan fingerprint density at radius 2 is 2.23 bits per heavy atom. The van der Waals surface area contributed by atoms with Crippen molar-refractivity contribution >= 4 is 22.9 Å². The van der Waals surface area contributed by atoms with Gasteiger partial charge in [0.25, 0.3) is 0 Å². The molecule has 2 aromatic rings. The number of fused-ring (bicyclic) bond motifs is 1. The summed E-state index contributed by atoms with van der Waals surface area (Å²) in [6, 6.07) is 0.260. The average molecular weight is 354 g/mol. The van der Waals surface area contributed by atoms with Gasteiger partial charge in [-0.25, -0.2) is 9.97 Å². The molecule has 0 radical (unpaired) electrons. The summed E-state index contributed by atoms with van der Waals surface area (Å²) in [7, 11) is 0. The molecule has 0 bridgehead atoms. The fourth-order valence-corrected chi connectivity index (χ4v) is 3.83. The van der Waals surface area contributed by atoms with Crippen molar-refractivity contribution in [2.75, 3.05) is 6.54 Å². The van der Waals surface area contributed by atoms with Crippen LogP contribution in [0, 0.1) is 5.92 Å². The largest absolute Gasteiger partial charge is 0.344 e. The fraction of sp³-hybridized carbons (Fsp3) is 0.500. The van der Waals surface area contributed by atoms with Gasteiger partial charge in [0.2, 0.25) is 5.91 Å². The highest BCUT2D eigenvalue weighted by Gasteiger charge is 2.33. The number of likely N-dealkylation sites (tertiary alicyclic amines) is 1. The van der Waals surface area contributed by atoms with Crippen LogP contribution < -0.4 is 0 Å². The minimum atomic E-state index is -0.000954. The third-order valence-electron chi connectivity index (χ3n) is 5.14. The molecule has 0 aromatic carbocycles. The van der Waals surface area contributed by atoms with E-state index in [0.717, 1.165) is 37.9 Å². The lowest BCUT2D eigenvalue weighted by Gasteiger charge is -2.21. The lowest BCUT2D eigenvalue weighted by Crippen LogP contribution is -2.34. The van der Waals surface area contributed by atoms with E-state index in [1.807, 2.05) is 11.8 Å². The van der Waals surface area contributed by atoms with Crippen LogP contribution in [0.4, 0.5) is 0 Å². The molecule has 3 heterocycles. The number of hydrogen-bond donors (Lipinski definition) is 1. The van der Waals surface area contributed by atoms with Crippen molar-refractivity contribution in [1.82, 2.24) is 19.9 Å². The molecule has 6 heteroatoms. The molecular formula is C20H26N4O2. The predicted octanol–water partition coefficient (Wildman–Crippen LogP) is 3.30. The highest BCUT2D eigenvalue weighted by molar-refractivity contribution is 6.05. The van der Waals surface area contributed by atoms with Gasteiger partial charge >= 0.3 is 0 Å². The standard InChI is InChI=1S/C20H26N4O2/c1-4-7-17(25)16-11-22-20-19(16)23-14(10-21-20)8-13-9-15(5-2)24(12-13)18(26)6-3/h6,10-11,13,15H,3-5,7-9,12H2,1-2H3,(H,21,22)/t13-,15?/m1/s1. The molecule has 0 spiro atoms. The van der Waals surface area contributed by atoms with Gasteiger partial charge < -0.3 is 9.88 Å². The van der Waals surface area contributed by atoms with E-state index in [2.05, 4.69) is 23.5 Å². The number of nitrogens with zero attached hydrogens (tertiary/aromatic N) is 3. The van der Waals surface area contributed by atoms with Gasteiger partial charge in [0.05, 0.1) is 17.5 Å². The molecule has 138 valence electrons. The Hall–Kier alpha value is -2.50. The summed E-state index contributed by atoms with van der Waals surface area (Å²) in [6.45, 7) is 8.42. The van der Waals surface area contributed by atoms with Crippen LogP contribution in [0.5, 0.6) is 0 Å². The maximum Gasteiger partial charge on any atom is 0.246 e. The van der Waals surface area contributed by atoms with Crippen LogP contribution in [0.1, 0.15) is 55.6 Å². The first-order chi connectivity index (χ1) is 12.6. The van der Waals surface area contributed by atoms with Gasteiger partial charge in [-0.2, -0.15) is 0 Å². The van der Waals surface area contributed by atoms with E-state index in [4.69, 9.17) is 4.98 Å². The van der Waals surface area contributed by atoms with Gasteiger partial charge in [0, 0.05) is 25.2 Å². The van der Waals surface area contributed by atoms with Gasteiger partial charge in [-0.3, -0.25) is 9.59 Å². The molecular weight excluding hydrogens is 328 g/mol. The zero-order chi connectivity index (χ0) is 18.7. The number of aromatic nitrogens is 3. The number of carbonyl (C=O) groups excluding carboxylic acids is 2. The molecule has 26 heavy (non-hydrogen) atoms. The summed E-state index contributed by atoms with van der Waals surface area (Å²) in [5, 5.41) is 0.